The van der Waals surface area contributed by atoms with Crippen LogP contribution in [0.1, 0.15) is 21.5 Å². The van der Waals surface area contributed by atoms with Crippen molar-refractivity contribution in [3.8, 4) is 5.75 Å². The van der Waals surface area contributed by atoms with Gasteiger partial charge in [-0.3, -0.25) is 4.79 Å². The molecule has 0 aliphatic carbocycles. The minimum Gasteiger partial charge on any atom is -0.508 e. The van der Waals surface area contributed by atoms with Crippen molar-refractivity contribution in [3.63, 3.8) is 0 Å². The summed E-state index contributed by atoms with van der Waals surface area (Å²) in [5.41, 5.74) is 3.47. The first-order valence-corrected chi connectivity index (χ1v) is 14.9. The van der Waals surface area contributed by atoms with Gasteiger partial charge in [0, 0.05) is 45.3 Å². The molecular formula is C34H34FN8O4+. The lowest BCUT2D eigenvalue weighted by Gasteiger charge is -2.12. The molecule has 0 spiro atoms. The number of aromatic hydroxyl groups is 1. The molecular weight excluding hydrogens is 603 g/mol. The molecule has 0 saturated heterocycles. The molecule has 1 aromatic heterocycles. The predicted octanol–water partition coefficient (Wildman–Crippen LogP) is 5.54. The number of halogens is 1. The molecule has 5 aromatic rings. The number of aromatic nitrogens is 3. The molecule has 47 heavy (non-hydrogen) atoms. The average molecular weight is 638 g/mol. The molecule has 0 aliphatic heterocycles. The van der Waals surface area contributed by atoms with Crippen molar-refractivity contribution in [1.29, 1.82) is 0 Å². The maximum atomic E-state index is 13.1. The van der Waals surface area contributed by atoms with Crippen LogP contribution in [0.25, 0.3) is 0 Å². The quantitative estimate of drug-likeness (QED) is 0.0529. The Morgan fingerprint density at radius 2 is 1.36 bits per heavy atom. The molecule has 1 amide bonds. The molecule has 0 fully saturated rings. The fraction of sp³-hybridized carbons (Fsp3) is 0.176. The highest BCUT2D eigenvalue weighted by molar-refractivity contribution is 5.94. The van der Waals surface area contributed by atoms with Gasteiger partial charge in [-0.25, -0.2) is 4.39 Å². The van der Waals surface area contributed by atoms with Crippen LogP contribution < -0.4 is 21.3 Å². The molecule has 0 atom stereocenters. The van der Waals surface area contributed by atoms with E-state index in [-0.39, 0.29) is 55.0 Å². The Hall–Kier alpha value is -5.95. The van der Waals surface area contributed by atoms with Crippen LogP contribution in [0.4, 0.5) is 33.6 Å². The third-order valence-electron chi connectivity index (χ3n) is 6.74. The van der Waals surface area contributed by atoms with Crippen molar-refractivity contribution < 1.29 is 23.8 Å². The number of nitroso groups, excluding NO2 is 1. The van der Waals surface area contributed by atoms with E-state index in [1.54, 1.807) is 60.7 Å². The lowest BCUT2D eigenvalue weighted by atomic mass is 10.1. The van der Waals surface area contributed by atoms with Crippen LogP contribution in [-0.2, 0) is 17.8 Å². The molecule has 5 N–H and O–H groups in total. The number of benzene rings is 4. The molecule has 0 radical (unpaired) electrons. The molecule has 0 aliphatic rings. The van der Waals surface area contributed by atoms with Crippen molar-refractivity contribution in [3.05, 3.63) is 131 Å². The number of nitrogens with one attached hydrogen (secondary N) is 4. The number of ether oxygens (including phenoxy) is 1. The molecule has 0 saturated carbocycles. The Bertz CT molecular complexity index is 1760. The van der Waals surface area contributed by atoms with E-state index >= 15 is 0 Å². The standard InChI is InChI=1S/C34H33FN8O4/c35-27-10-6-24(7-11-27)22-37-31(45)26-8-12-28(13-9-26)38-33-40-32(41-34(42-33)39-29-14-16-30(44)17-15-29)36-18-20-47-21-19-43(46)23-25-4-2-1-3-5-25/h1-17H,18-23H2,(H4-,36,37,38,39,40,41,42,44,45)/p+1. The van der Waals surface area contributed by atoms with Crippen molar-refractivity contribution in [2.24, 2.45) is 0 Å². The third-order valence-corrected chi connectivity index (χ3v) is 6.74. The largest absolute Gasteiger partial charge is 0.508 e. The van der Waals surface area contributed by atoms with Crippen molar-refractivity contribution in [1.82, 2.24) is 20.3 Å². The van der Waals surface area contributed by atoms with Gasteiger partial charge in [0.1, 0.15) is 18.2 Å². The number of amides is 1. The highest BCUT2D eigenvalue weighted by atomic mass is 19.1. The Kier molecular flexibility index (Phi) is 11.3. The first kappa shape index (κ1) is 32.4. The zero-order valence-corrected chi connectivity index (χ0v) is 25.4. The third kappa shape index (κ3) is 10.6. The Labute approximate surface area is 270 Å². The van der Waals surface area contributed by atoms with Gasteiger partial charge >= 0.3 is 0 Å². The van der Waals surface area contributed by atoms with E-state index in [0.29, 0.717) is 36.6 Å². The number of nitrogens with zero attached hydrogens (tertiary/aromatic N) is 4. The molecule has 0 bridgehead atoms. The Morgan fingerprint density at radius 1 is 0.745 bits per heavy atom. The summed E-state index contributed by atoms with van der Waals surface area (Å²) < 4.78 is 19.7. The van der Waals surface area contributed by atoms with Crippen LogP contribution in [0, 0.1) is 10.7 Å². The van der Waals surface area contributed by atoms with Crippen LogP contribution >= 0.6 is 0 Å². The summed E-state index contributed by atoms with van der Waals surface area (Å²) in [5.74, 6) is 0.286. The predicted molar refractivity (Wildman–Crippen MR) is 176 cm³/mol. The number of phenolic OH excluding ortho intramolecular Hbond substituents is 1. The number of carbonyl (C=O) groups is 1. The minimum absolute atomic E-state index is 0.128. The van der Waals surface area contributed by atoms with E-state index in [9.17, 15) is 19.2 Å². The fourth-order valence-electron chi connectivity index (χ4n) is 4.33. The van der Waals surface area contributed by atoms with E-state index in [4.69, 9.17) is 4.74 Å². The number of anilines is 5. The smallest absolute Gasteiger partial charge is 0.251 e. The number of hydrogen-bond acceptors (Lipinski definition) is 10. The summed E-state index contributed by atoms with van der Waals surface area (Å²) in [6, 6.07) is 28.7. The molecule has 4 aromatic carbocycles. The van der Waals surface area contributed by atoms with Gasteiger partial charge in [0.05, 0.1) is 6.61 Å². The maximum absolute atomic E-state index is 13.1. The minimum atomic E-state index is -0.333. The first-order valence-electron chi connectivity index (χ1n) is 14.9. The number of rotatable bonds is 16. The van der Waals surface area contributed by atoms with Gasteiger partial charge in [0.25, 0.3) is 5.91 Å². The van der Waals surface area contributed by atoms with E-state index in [1.807, 2.05) is 30.3 Å². The Balaban J connectivity index is 1.16. The topological polar surface area (TPSA) is 153 Å². The molecule has 0 unspecified atom stereocenters. The normalized spacial score (nSPS) is 10.7. The SMILES string of the molecule is O=C(NCc1ccc(F)cc1)c1ccc(Nc2nc(NCCOCC[N+](=O)Cc3ccccc3)nc(Nc3ccc(O)cc3)n2)cc1. The average Bonchev–Trinajstić information content (AvgIpc) is 3.08. The van der Waals surface area contributed by atoms with Gasteiger partial charge in [-0.1, -0.05) is 42.5 Å². The van der Waals surface area contributed by atoms with Gasteiger partial charge in [0.2, 0.25) is 30.9 Å². The second-order valence-electron chi connectivity index (χ2n) is 10.4. The van der Waals surface area contributed by atoms with Gasteiger partial charge in [-0.2, -0.15) is 15.0 Å². The second-order valence-corrected chi connectivity index (χ2v) is 10.4. The highest BCUT2D eigenvalue weighted by Crippen LogP contribution is 2.21. The van der Waals surface area contributed by atoms with Crippen LogP contribution in [0.3, 0.4) is 0 Å². The summed E-state index contributed by atoms with van der Waals surface area (Å²) in [4.78, 5) is 38.1. The van der Waals surface area contributed by atoms with Gasteiger partial charge in [-0.05, 0) is 66.2 Å². The number of phenols is 1. The fourth-order valence-corrected chi connectivity index (χ4v) is 4.33. The summed E-state index contributed by atoms with van der Waals surface area (Å²) in [7, 11) is 0. The summed E-state index contributed by atoms with van der Waals surface area (Å²) in [6.45, 7) is 1.78. The molecule has 240 valence electrons. The van der Waals surface area contributed by atoms with Gasteiger partial charge in [0.15, 0.2) is 0 Å². The zero-order valence-electron chi connectivity index (χ0n) is 25.4. The van der Waals surface area contributed by atoms with Crippen LogP contribution in [0.15, 0.2) is 103 Å². The molecule has 13 heteroatoms. The van der Waals surface area contributed by atoms with Crippen LogP contribution in [0.5, 0.6) is 5.75 Å². The van der Waals surface area contributed by atoms with Crippen molar-refractivity contribution >= 4 is 35.1 Å². The molecule has 5 rings (SSSR count). The molecule has 1 heterocycles. The number of hydrogen-bond donors (Lipinski definition) is 5. The zero-order chi connectivity index (χ0) is 32.8. The van der Waals surface area contributed by atoms with Crippen LogP contribution in [-0.4, -0.2) is 57.0 Å². The lowest BCUT2D eigenvalue weighted by Crippen LogP contribution is -2.22. The van der Waals surface area contributed by atoms with E-state index < -0.39 is 0 Å². The first-order chi connectivity index (χ1) is 22.9. The van der Waals surface area contributed by atoms with Crippen molar-refractivity contribution in [2.45, 2.75) is 13.1 Å². The van der Waals surface area contributed by atoms with Crippen LogP contribution in [0.2, 0.25) is 0 Å². The maximum Gasteiger partial charge on any atom is 0.251 e. The summed E-state index contributed by atoms with van der Waals surface area (Å²) in [5, 5.41) is 21.8. The number of carbonyl (C=O) groups excluding carboxylic acids is 1. The lowest BCUT2D eigenvalue weighted by molar-refractivity contribution is -0.566. The van der Waals surface area contributed by atoms with Gasteiger partial charge in [-0.15, -0.1) is 0 Å². The monoisotopic (exact) mass is 637 g/mol. The highest BCUT2D eigenvalue weighted by Gasteiger charge is 2.11. The van der Waals surface area contributed by atoms with E-state index in [0.717, 1.165) is 15.9 Å². The molecule has 12 nitrogen and oxygen atoms in total. The van der Waals surface area contributed by atoms with Gasteiger partial charge < -0.3 is 31.1 Å². The second kappa shape index (κ2) is 16.4. The summed E-state index contributed by atoms with van der Waals surface area (Å²) in [6.07, 6.45) is 0. The Morgan fingerprint density at radius 3 is 2.02 bits per heavy atom. The van der Waals surface area contributed by atoms with E-state index in [1.165, 1.54) is 12.1 Å². The summed E-state index contributed by atoms with van der Waals surface area (Å²) >= 11 is 0. The van der Waals surface area contributed by atoms with Crippen molar-refractivity contribution in [2.75, 3.05) is 42.3 Å². The van der Waals surface area contributed by atoms with E-state index in [2.05, 4.69) is 36.2 Å².